The Bertz CT molecular complexity index is 501. The molecule has 0 aliphatic rings. The Kier molecular flexibility index (Phi) is 3.74. The molecule has 0 bridgehead atoms. The summed E-state index contributed by atoms with van der Waals surface area (Å²) < 4.78 is 18.5. The minimum atomic E-state index is -0.385. The first-order chi connectivity index (χ1) is 8.22. The third-order valence-electron chi connectivity index (χ3n) is 2.37. The summed E-state index contributed by atoms with van der Waals surface area (Å²) in [5, 5.41) is 3.48. The molecule has 2 rings (SSSR count). The van der Waals surface area contributed by atoms with E-state index in [1.54, 1.807) is 18.2 Å². The van der Waals surface area contributed by atoms with Gasteiger partial charge in [0.1, 0.15) is 5.82 Å². The van der Waals surface area contributed by atoms with E-state index in [4.69, 9.17) is 16.1 Å². The quantitative estimate of drug-likeness (QED) is 0.776. The van der Waals surface area contributed by atoms with Crippen molar-refractivity contribution >= 4 is 11.6 Å². The molecule has 2 aromatic rings. The fourth-order valence-corrected chi connectivity index (χ4v) is 1.80. The van der Waals surface area contributed by atoms with E-state index in [2.05, 4.69) is 10.1 Å². The molecule has 0 amide bonds. The molecule has 0 saturated heterocycles. The van der Waals surface area contributed by atoms with Gasteiger partial charge in [0, 0.05) is 0 Å². The minimum Gasteiger partial charge on any atom is -0.334 e. The highest BCUT2D eigenvalue weighted by Crippen LogP contribution is 2.26. The van der Waals surface area contributed by atoms with E-state index in [9.17, 15) is 4.39 Å². The van der Waals surface area contributed by atoms with Gasteiger partial charge in [-0.2, -0.15) is 4.98 Å². The smallest absolute Gasteiger partial charge is 0.260 e. The molecular formula is C12H12ClFN2O. The van der Waals surface area contributed by atoms with Crippen molar-refractivity contribution in [1.29, 1.82) is 0 Å². The minimum absolute atomic E-state index is 0.167. The Morgan fingerprint density at radius 2 is 2.18 bits per heavy atom. The average molecular weight is 255 g/mol. The molecule has 3 nitrogen and oxygen atoms in total. The Hall–Kier alpha value is -1.42. The van der Waals surface area contributed by atoms with Gasteiger partial charge in [-0.1, -0.05) is 30.6 Å². The van der Waals surface area contributed by atoms with Crippen LogP contribution in [0.15, 0.2) is 28.8 Å². The van der Waals surface area contributed by atoms with Crippen molar-refractivity contribution in [3.63, 3.8) is 0 Å². The van der Waals surface area contributed by atoms with Gasteiger partial charge in [-0.3, -0.25) is 0 Å². The molecule has 0 N–H and O–H groups in total. The van der Waals surface area contributed by atoms with Crippen LogP contribution in [-0.2, 0) is 0 Å². The maximum atomic E-state index is 13.5. The second-order valence-corrected chi connectivity index (χ2v) is 4.22. The Balaban J connectivity index is 2.27. The van der Waals surface area contributed by atoms with Crippen LogP contribution in [-0.4, -0.2) is 10.1 Å². The first-order valence-corrected chi connectivity index (χ1v) is 5.88. The lowest BCUT2D eigenvalue weighted by Crippen LogP contribution is -1.92. The molecule has 90 valence electrons. The molecule has 0 aliphatic heterocycles. The number of rotatable bonds is 4. The van der Waals surface area contributed by atoms with Crippen molar-refractivity contribution in [1.82, 2.24) is 10.1 Å². The number of hydrogen-bond donors (Lipinski definition) is 0. The third kappa shape index (κ3) is 2.64. The van der Waals surface area contributed by atoms with Crippen LogP contribution in [0.5, 0.6) is 0 Å². The lowest BCUT2D eigenvalue weighted by atomic mass is 10.2. The molecule has 0 saturated carbocycles. The summed E-state index contributed by atoms with van der Waals surface area (Å²) in [6.45, 7) is 2.02. The van der Waals surface area contributed by atoms with E-state index in [-0.39, 0.29) is 17.1 Å². The molecule has 0 radical (unpaired) electrons. The molecule has 1 unspecified atom stereocenters. The van der Waals surface area contributed by atoms with Crippen LogP contribution in [0.2, 0.25) is 0 Å². The van der Waals surface area contributed by atoms with Gasteiger partial charge in [0.25, 0.3) is 5.89 Å². The van der Waals surface area contributed by atoms with Crippen LogP contribution in [0.3, 0.4) is 0 Å². The van der Waals surface area contributed by atoms with Crippen molar-refractivity contribution in [2.24, 2.45) is 0 Å². The molecule has 1 heterocycles. The molecule has 0 spiro atoms. The van der Waals surface area contributed by atoms with Crippen LogP contribution in [0.4, 0.5) is 4.39 Å². The highest BCUT2D eigenvalue weighted by molar-refractivity contribution is 6.20. The molecule has 1 aromatic heterocycles. The standard InChI is InChI=1S/C12H12ClFN2O/c1-2-5-9(13)11-15-12(17-16-11)8-6-3-4-7-10(8)14/h3-4,6-7,9H,2,5H2,1H3. The van der Waals surface area contributed by atoms with Gasteiger partial charge in [-0.05, 0) is 18.6 Å². The fraction of sp³-hybridized carbons (Fsp3) is 0.333. The van der Waals surface area contributed by atoms with Gasteiger partial charge >= 0.3 is 0 Å². The van der Waals surface area contributed by atoms with E-state index in [0.29, 0.717) is 11.4 Å². The van der Waals surface area contributed by atoms with Crippen molar-refractivity contribution in [3.8, 4) is 11.5 Å². The van der Waals surface area contributed by atoms with E-state index in [1.807, 2.05) is 6.92 Å². The van der Waals surface area contributed by atoms with E-state index < -0.39 is 0 Å². The molecule has 17 heavy (non-hydrogen) atoms. The molecule has 5 heteroatoms. The van der Waals surface area contributed by atoms with E-state index >= 15 is 0 Å². The first kappa shape index (κ1) is 12.0. The fourth-order valence-electron chi connectivity index (χ4n) is 1.49. The number of benzene rings is 1. The van der Waals surface area contributed by atoms with Crippen molar-refractivity contribution < 1.29 is 8.91 Å². The zero-order valence-corrected chi connectivity index (χ0v) is 10.1. The summed E-state index contributed by atoms with van der Waals surface area (Å²) in [7, 11) is 0. The second kappa shape index (κ2) is 5.27. The Morgan fingerprint density at radius 1 is 1.41 bits per heavy atom. The Morgan fingerprint density at radius 3 is 2.88 bits per heavy atom. The van der Waals surface area contributed by atoms with E-state index in [1.165, 1.54) is 6.07 Å². The number of nitrogens with zero attached hydrogens (tertiary/aromatic N) is 2. The largest absolute Gasteiger partial charge is 0.334 e. The van der Waals surface area contributed by atoms with Crippen LogP contribution >= 0.6 is 11.6 Å². The predicted octanol–water partition coefficient (Wildman–Crippen LogP) is 3.96. The van der Waals surface area contributed by atoms with Crippen molar-refractivity contribution in [3.05, 3.63) is 35.9 Å². The number of halogens is 2. The van der Waals surface area contributed by atoms with Gasteiger partial charge < -0.3 is 4.52 Å². The lowest BCUT2D eigenvalue weighted by molar-refractivity contribution is 0.418. The highest BCUT2D eigenvalue weighted by atomic mass is 35.5. The summed E-state index contributed by atoms with van der Waals surface area (Å²) >= 11 is 6.07. The summed E-state index contributed by atoms with van der Waals surface area (Å²) in [6.07, 6.45) is 1.69. The van der Waals surface area contributed by atoms with Gasteiger partial charge in [-0.15, -0.1) is 11.6 Å². The first-order valence-electron chi connectivity index (χ1n) is 5.45. The van der Waals surface area contributed by atoms with Crippen molar-refractivity contribution in [2.75, 3.05) is 0 Å². The molecule has 1 atom stereocenters. The molecular weight excluding hydrogens is 243 g/mol. The summed E-state index contributed by atoms with van der Waals surface area (Å²) in [6, 6.07) is 6.27. The average Bonchev–Trinajstić information content (AvgIpc) is 2.79. The second-order valence-electron chi connectivity index (χ2n) is 3.69. The maximum absolute atomic E-state index is 13.5. The Labute approximate surface area is 104 Å². The summed E-state index contributed by atoms with van der Waals surface area (Å²) in [5.74, 6) is 0.191. The third-order valence-corrected chi connectivity index (χ3v) is 2.78. The van der Waals surface area contributed by atoms with Gasteiger partial charge in [0.05, 0.1) is 10.9 Å². The zero-order valence-electron chi connectivity index (χ0n) is 9.36. The summed E-state index contributed by atoms with van der Waals surface area (Å²) in [4.78, 5) is 4.11. The molecule has 1 aromatic carbocycles. The van der Waals surface area contributed by atoms with Crippen LogP contribution in [0, 0.1) is 5.82 Å². The maximum Gasteiger partial charge on any atom is 0.260 e. The van der Waals surface area contributed by atoms with Crippen LogP contribution < -0.4 is 0 Å². The number of hydrogen-bond acceptors (Lipinski definition) is 3. The van der Waals surface area contributed by atoms with E-state index in [0.717, 1.165) is 12.8 Å². The van der Waals surface area contributed by atoms with Gasteiger partial charge in [0.2, 0.25) is 0 Å². The van der Waals surface area contributed by atoms with Gasteiger partial charge in [-0.25, -0.2) is 4.39 Å². The monoisotopic (exact) mass is 254 g/mol. The molecule has 0 fully saturated rings. The predicted molar refractivity (Wildman–Crippen MR) is 63.2 cm³/mol. The van der Waals surface area contributed by atoms with Crippen LogP contribution in [0.1, 0.15) is 31.0 Å². The van der Waals surface area contributed by atoms with Crippen molar-refractivity contribution in [2.45, 2.75) is 25.1 Å². The summed E-state index contributed by atoms with van der Waals surface area (Å²) in [5.41, 5.74) is 0.298. The highest BCUT2D eigenvalue weighted by Gasteiger charge is 2.17. The number of alkyl halides is 1. The zero-order chi connectivity index (χ0) is 12.3. The van der Waals surface area contributed by atoms with Gasteiger partial charge in [0.15, 0.2) is 5.82 Å². The number of aromatic nitrogens is 2. The normalized spacial score (nSPS) is 12.6. The SMILES string of the molecule is CCCC(Cl)c1noc(-c2ccccc2F)n1. The lowest BCUT2D eigenvalue weighted by Gasteiger charge is -1.99. The molecule has 0 aliphatic carbocycles. The van der Waals surface area contributed by atoms with Crippen LogP contribution in [0.25, 0.3) is 11.5 Å². The topological polar surface area (TPSA) is 38.9 Å².